The van der Waals surface area contributed by atoms with Gasteiger partial charge in [0.25, 0.3) is 0 Å². The van der Waals surface area contributed by atoms with Gasteiger partial charge in [0, 0.05) is 6.54 Å². The van der Waals surface area contributed by atoms with Crippen LogP contribution in [0, 0.1) is 0 Å². The van der Waals surface area contributed by atoms with Gasteiger partial charge in [0.05, 0.1) is 10.5 Å². The number of benzene rings is 1. The van der Waals surface area contributed by atoms with Crippen molar-refractivity contribution in [2.24, 2.45) is 5.73 Å². The number of carbonyl (C=O) groups is 1. The lowest BCUT2D eigenvalue weighted by Crippen LogP contribution is -2.40. The van der Waals surface area contributed by atoms with Crippen LogP contribution < -0.4 is 20.5 Å². The summed E-state index contributed by atoms with van der Waals surface area (Å²) in [4.78, 5) is 11.8. The third-order valence-corrected chi connectivity index (χ3v) is 4.16. The Morgan fingerprint density at radius 2 is 2.29 bits per heavy atom. The van der Waals surface area contributed by atoms with Gasteiger partial charge < -0.3 is 20.5 Å². The van der Waals surface area contributed by atoms with Crippen LogP contribution in [0.4, 0.5) is 0 Å². The average Bonchev–Trinajstić information content (AvgIpc) is 2.91. The first-order valence-corrected chi connectivity index (χ1v) is 8.40. The van der Waals surface area contributed by atoms with Crippen LogP contribution in [0.15, 0.2) is 16.6 Å². The van der Waals surface area contributed by atoms with Gasteiger partial charge in [0.1, 0.15) is 0 Å². The van der Waals surface area contributed by atoms with Crippen LogP contribution in [-0.4, -0.2) is 30.8 Å². The predicted molar refractivity (Wildman–Crippen MR) is 90.3 cm³/mol. The fourth-order valence-corrected chi connectivity index (χ4v) is 2.91. The largest absolute Gasteiger partial charge is 0.454 e. The highest BCUT2D eigenvalue weighted by Gasteiger charge is 2.18. The molecule has 3 N–H and O–H groups in total. The third-order valence-electron chi connectivity index (χ3n) is 2.92. The van der Waals surface area contributed by atoms with E-state index in [0.29, 0.717) is 24.5 Å². The van der Waals surface area contributed by atoms with Crippen molar-refractivity contribution in [2.45, 2.75) is 19.0 Å². The number of nitrogens with two attached hydrogens (primary N) is 1. The number of amides is 1. The molecule has 21 heavy (non-hydrogen) atoms. The quantitative estimate of drug-likeness (QED) is 0.770. The summed E-state index contributed by atoms with van der Waals surface area (Å²) in [6.07, 6.45) is 2.67. The second kappa shape index (κ2) is 8.73. The van der Waals surface area contributed by atoms with E-state index in [4.69, 9.17) is 15.2 Å². The minimum Gasteiger partial charge on any atom is -0.454 e. The van der Waals surface area contributed by atoms with E-state index in [1.54, 1.807) is 11.8 Å². The number of halogens is 2. The van der Waals surface area contributed by atoms with Crippen molar-refractivity contribution in [3.05, 3.63) is 22.2 Å². The molecule has 1 aromatic carbocycles. The van der Waals surface area contributed by atoms with Gasteiger partial charge in [0.2, 0.25) is 12.7 Å². The summed E-state index contributed by atoms with van der Waals surface area (Å²) in [6, 6.07) is 3.31. The monoisotopic (exact) mass is 396 g/mol. The van der Waals surface area contributed by atoms with Gasteiger partial charge in [-0.3, -0.25) is 4.79 Å². The highest BCUT2D eigenvalue weighted by Crippen LogP contribution is 2.39. The lowest BCUT2D eigenvalue weighted by molar-refractivity contribution is -0.122. The molecule has 0 saturated carbocycles. The van der Waals surface area contributed by atoms with E-state index >= 15 is 0 Å². The fraction of sp³-hybridized carbons (Fsp3) is 0.462. The predicted octanol–water partition coefficient (Wildman–Crippen LogP) is 2.30. The molecule has 1 aliphatic heterocycles. The SMILES string of the molecule is CSCCC(N)C(=O)NCc1cc(Br)c2c(c1)OCO2.Cl. The first-order chi connectivity index (χ1) is 9.61. The van der Waals surface area contributed by atoms with E-state index in [1.165, 1.54) is 0 Å². The Kier molecular flexibility index (Phi) is 7.65. The van der Waals surface area contributed by atoms with Crippen LogP contribution in [0.1, 0.15) is 12.0 Å². The second-order valence-corrected chi connectivity index (χ2v) is 6.26. The maximum atomic E-state index is 11.8. The molecule has 1 aromatic rings. The van der Waals surface area contributed by atoms with Gasteiger partial charge in [-0.25, -0.2) is 0 Å². The molecule has 1 unspecified atom stereocenters. The molecule has 1 heterocycles. The van der Waals surface area contributed by atoms with E-state index in [0.717, 1.165) is 15.8 Å². The Balaban J connectivity index is 0.00000220. The summed E-state index contributed by atoms with van der Waals surface area (Å²) in [5, 5.41) is 2.84. The van der Waals surface area contributed by atoms with Crippen LogP contribution >= 0.6 is 40.1 Å². The number of rotatable bonds is 6. The molecule has 0 aromatic heterocycles. The summed E-state index contributed by atoms with van der Waals surface area (Å²) in [7, 11) is 0. The molecule has 8 heteroatoms. The van der Waals surface area contributed by atoms with Crippen LogP contribution in [0.3, 0.4) is 0 Å². The summed E-state index contributed by atoms with van der Waals surface area (Å²) >= 11 is 5.10. The van der Waals surface area contributed by atoms with Gasteiger partial charge in [-0.2, -0.15) is 11.8 Å². The summed E-state index contributed by atoms with van der Waals surface area (Å²) in [5.74, 6) is 2.14. The van der Waals surface area contributed by atoms with Crippen LogP contribution in [0.5, 0.6) is 11.5 Å². The zero-order valence-electron chi connectivity index (χ0n) is 11.6. The molecular weight excluding hydrogens is 380 g/mol. The molecule has 0 fully saturated rings. The van der Waals surface area contributed by atoms with Crippen molar-refractivity contribution in [1.82, 2.24) is 5.32 Å². The molecule has 0 aliphatic carbocycles. The van der Waals surface area contributed by atoms with Crippen LogP contribution in [-0.2, 0) is 11.3 Å². The smallest absolute Gasteiger partial charge is 0.237 e. The number of ether oxygens (including phenoxy) is 2. The standard InChI is InChI=1S/C13H17BrN2O3S.ClH/c1-20-3-2-10(15)13(17)16-6-8-4-9(14)12-11(5-8)18-7-19-12;/h4-5,10H,2-3,6-7,15H2,1H3,(H,16,17);1H. The average molecular weight is 398 g/mol. The van der Waals surface area contributed by atoms with Gasteiger partial charge in [0.15, 0.2) is 11.5 Å². The Bertz CT molecular complexity index is 505. The Morgan fingerprint density at radius 3 is 3.00 bits per heavy atom. The molecule has 118 valence electrons. The highest BCUT2D eigenvalue weighted by molar-refractivity contribution is 9.10. The number of carbonyl (C=O) groups excluding carboxylic acids is 1. The molecule has 1 atom stereocenters. The van der Waals surface area contributed by atoms with Crippen molar-refractivity contribution in [3.8, 4) is 11.5 Å². The van der Waals surface area contributed by atoms with Gasteiger partial charge in [-0.1, -0.05) is 0 Å². The van der Waals surface area contributed by atoms with Gasteiger partial charge in [-0.15, -0.1) is 12.4 Å². The number of nitrogens with one attached hydrogen (secondary N) is 1. The minimum atomic E-state index is -0.458. The van der Waals surface area contributed by atoms with Gasteiger partial charge >= 0.3 is 0 Å². The number of hydrogen-bond acceptors (Lipinski definition) is 5. The number of hydrogen-bond donors (Lipinski definition) is 2. The van der Waals surface area contributed by atoms with Gasteiger partial charge in [-0.05, 0) is 52.1 Å². The van der Waals surface area contributed by atoms with Crippen molar-refractivity contribution in [2.75, 3.05) is 18.8 Å². The summed E-state index contributed by atoms with van der Waals surface area (Å²) in [6.45, 7) is 0.643. The third kappa shape index (κ3) is 4.95. The molecular formula is C13H18BrClN2O3S. The van der Waals surface area contributed by atoms with E-state index in [1.807, 2.05) is 18.4 Å². The van der Waals surface area contributed by atoms with Crippen LogP contribution in [0.25, 0.3) is 0 Å². The van der Waals surface area contributed by atoms with Crippen molar-refractivity contribution < 1.29 is 14.3 Å². The summed E-state index contributed by atoms with van der Waals surface area (Å²) in [5.41, 5.74) is 6.74. The zero-order chi connectivity index (χ0) is 14.5. The number of thioether (sulfide) groups is 1. The topological polar surface area (TPSA) is 73.6 Å². The molecule has 0 bridgehead atoms. The second-order valence-electron chi connectivity index (χ2n) is 4.42. The van der Waals surface area contributed by atoms with Crippen molar-refractivity contribution >= 4 is 46.0 Å². The minimum absolute atomic E-state index is 0. The van der Waals surface area contributed by atoms with Crippen molar-refractivity contribution in [1.29, 1.82) is 0 Å². The van der Waals surface area contributed by atoms with Crippen molar-refractivity contribution in [3.63, 3.8) is 0 Å². The van der Waals surface area contributed by atoms with E-state index in [-0.39, 0.29) is 25.1 Å². The fourth-order valence-electron chi connectivity index (χ4n) is 1.82. The Labute approximate surface area is 142 Å². The lowest BCUT2D eigenvalue weighted by Gasteiger charge is -2.12. The molecule has 1 amide bonds. The Morgan fingerprint density at radius 1 is 1.52 bits per heavy atom. The first-order valence-electron chi connectivity index (χ1n) is 6.22. The molecule has 2 rings (SSSR count). The maximum absolute atomic E-state index is 11.8. The van der Waals surface area contributed by atoms with E-state index < -0.39 is 6.04 Å². The zero-order valence-corrected chi connectivity index (χ0v) is 14.8. The molecule has 0 saturated heterocycles. The van der Waals surface area contributed by atoms with Crippen LogP contribution in [0.2, 0.25) is 0 Å². The number of fused-ring (bicyclic) bond motifs is 1. The lowest BCUT2D eigenvalue weighted by atomic mass is 10.2. The highest BCUT2D eigenvalue weighted by atomic mass is 79.9. The normalized spacial score (nSPS) is 13.5. The Hall–Kier alpha value is -0.630. The first kappa shape index (κ1) is 18.4. The molecule has 1 aliphatic rings. The molecule has 0 spiro atoms. The maximum Gasteiger partial charge on any atom is 0.237 e. The summed E-state index contributed by atoms with van der Waals surface area (Å²) < 4.78 is 11.5. The molecule has 0 radical (unpaired) electrons. The van der Waals surface area contributed by atoms with E-state index in [9.17, 15) is 4.79 Å². The van der Waals surface area contributed by atoms with E-state index in [2.05, 4.69) is 21.2 Å². The molecule has 5 nitrogen and oxygen atoms in total.